The van der Waals surface area contributed by atoms with Crippen molar-refractivity contribution >= 4 is 33.4 Å². The van der Waals surface area contributed by atoms with Crippen molar-refractivity contribution in [1.82, 2.24) is 9.55 Å². The maximum absolute atomic E-state index is 11.4. The van der Waals surface area contributed by atoms with E-state index < -0.39 is 10.8 Å². The second kappa shape index (κ2) is 5.41. The molecule has 0 aliphatic heterocycles. The third kappa shape index (κ3) is 2.59. The molecule has 18 heavy (non-hydrogen) atoms. The van der Waals surface area contributed by atoms with Gasteiger partial charge in [-0.3, -0.25) is 4.21 Å². The second-order valence-electron chi connectivity index (χ2n) is 4.53. The van der Waals surface area contributed by atoms with Gasteiger partial charge in [-0.2, -0.15) is 0 Å². The summed E-state index contributed by atoms with van der Waals surface area (Å²) in [5, 5.41) is -0.162. The van der Waals surface area contributed by atoms with Crippen LogP contribution in [0, 0.1) is 0 Å². The van der Waals surface area contributed by atoms with Crippen LogP contribution in [0.4, 0.5) is 0 Å². The van der Waals surface area contributed by atoms with Crippen LogP contribution in [0.25, 0.3) is 11.0 Å². The Labute approximate surface area is 115 Å². The quantitative estimate of drug-likeness (QED) is 0.808. The zero-order valence-corrected chi connectivity index (χ0v) is 12.3. The van der Waals surface area contributed by atoms with Crippen molar-refractivity contribution < 1.29 is 4.21 Å². The van der Waals surface area contributed by atoms with Crippen LogP contribution in [0.1, 0.15) is 31.1 Å². The van der Waals surface area contributed by atoms with Gasteiger partial charge in [-0.15, -0.1) is 11.6 Å². The minimum Gasteiger partial charge on any atom is -0.323 e. The molecule has 2 rings (SSSR count). The van der Waals surface area contributed by atoms with E-state index in [9.17, 15) is 4.21 Å². The Bertz CT molecular complexity index is 579. The second-order valence-corrected chi connectivity index (χ2v) is 6.67. The number of para-hydroxylation sites is 2. The molecule has 0 bridgehead atoms. The highest BCUT2D eigenvalue weighted by molar-refractivity contribution is 7.84. The number of imidazole rings is 1. The van der Waals surface area contributed by atoms with Crippen LogP contribution in [0.2, 0.25) is 0 Å². The average Bonchev–Trinajstić information content (AvgIpc) is 2.67. The number of hydrogen-bond acceptors (Lipinski definition) is 2. The van der Waals surface area contributed by atoms with Crippen molar-refractivity contribution in [2.45, 2.75) is 25.3 Å². The molecule has 0 fully saturated rings. The van der Waals surface area contributed by atoms with Gasteiger partial charge in [0.15, 0.2) is 0 Å². The predicted octanol–water partition coefficient (Wildman–Crippen LogP) is 3.28. The molecule has 5 heteroatoms. The van der Waals surface area contributed by atoms with Gasteiger partial charge in [0.1, 0.15) is 5.82 Å². The molecule has 98 valence electrons. The zero-order valence-electron chi connectivity index (χ0n) is 10.8. The van der Waals surface area contributed by atoms with E-state index in [0.717, 1.165) is 16.9 Å². The molecule has 0 N–H and O–H groups in total. The van der Waals surface area contributed by atoms with E-state index in [4.69, 9.17) is 11.6 Å². The molecule has 1 heterocycles. The first-order chi connectivity index (χ1) is 8.50. The first-order valence-electron chi connectivity index (χ1n) is 5.91. The lowest BCUT2D eigenvalue weighted by Crippen LogP contribution is -2.15. The predicted molar refractivity (Wildman–Crippen MR) is 77.6 cm³/mol. The lowest BCUT2D eigenvalue weighted by molar-refractivity contribution is 0.583. The summed E-state index contributed by atoms with van der Waals surface area (Å²) in [5.41, 5.74) is 1.99. The Morgan fingerprint density at radius 1 is 1.39 bits per heavy atom. The number of hydrogen-bond donors (Lipinski definition) is 0. The molecule has 3 unspecified atom stereocenters. The molecule has 0 radical (unpaired) electrons. The maximum atomic E-state index is 11.4. The summed E-state index contributed by atoms with van der Waals surface area (Å²) in [6.45, 7) is 3.97. The van der Waals surface area contributed by atoms with Crippen molar-refractivity contribution in [2.24, 2.45) is 0 Å². The Balaban J connectivity index is 2.58. The fourth-order valence-corrected chi connectivity index (χ4v) is 3.20. The van der Waals surface area contributed by atoms with Crippen molar-refractivity contribution in [2.75, 3.05) is 12.0 Å². The van der Waals surface area contributed by atoms with Crippen LogP contribution in [0.15, 0.2) is 24.3 Å². The third-order valence-electron chi connectivity index (χ3n) is 2.90. The van der Waals surface area contributed by atoms with Gasteiger partial charge in [-0.25, -0.2) is 4.98 Å². The van der Waals surface area contributed by atoms with Crippen LogP contribution >= 0.6 is 11.6 Å². The average molecular weight is 285 g/mol. The number of fused-ring (bicyclic) bond motifs is 1. The summed E-state index contributed by atoms with van der Waals surface area (Å²) >= 11 is 6.20. The molecule has 0 saturated heterocycles. The third-order valence-corrected chi connectivity index (χ3v) is 4.04. The standard InChI is InChI=1S/C13H17ClN2OS/c1-9(8-18(3)17)16-12-7-5-4-6-11(12)15-13(16)10(2)14/h4-7,9-10H,8H2,1-3H3. The largest absolute Gasteiger partial charge is 0.323 e. The molecule has 2 aromatic rings. The van der Waals surface area contributed by atoms with Crippen LogP contribution in [0.3, 0.4) is 0 Å². The Kier molecular flexibility index (Phi) is 4.07. The summed E-state index contributed by atoms with van der Waals surface area (Å²) in [6.07, 6.45) is 1.72. The summed E-state index contributed by atoms with van der Waals surface area (Å²) < 4.78 is 13.5. The SMILES string of the molecule is CC(Cl)c1nc2ccccc2n1C(C)CS(C)=O. The van der Waals surface area contributed by atoms with Gasteiger partial charge in [0, 0.05) is 28.9 Å². The number of nitrogens with zero attached hydrogens (tertiary/aromatic N) is 2. The molecular formula is C13H17ClN2OS. The fraction of sp³-hybridized carbons (Fsp3) is 0.462. The van der Waals surface area contributed by atoms with E-state index in [1.807, 2.05) is 31.2 Å². The van der Waals surface area contributed by atoms with Gasteiger partial charge in [-0.1, -0.05) is 12.1 Å². The highest BCUT2D eigenvalue weighted by Gasteiger charge is 2.19. The smallest absolute Gasteiger partial charge is 0.127 e. The van der Waals surface area contributed by atoms with Gasteiger partial charge >= 0.3 is 0 Å². The Morgan fingerprint density at radius 2 is 2.06 bits per heavy atom. The number of rotatable bonds is 4. The van der Waals surface area contributed by atoms with Gasteiger partial charge < -0.3 is 4.57 Å². The minimum atomic E-state index is -0.836. The molecule has 3 atom stereocenters. The highest BCUT2D eigenvalue weighted by Crippen LogP contribution is 2.28. The number of aromatic nitrogens is 2. The lowest BCUT2D eigenvalue weighted by atomic mass is 10.3. The number of alkyl halides is 1. The summed E-state index contributed by atoms with van der Waals surface area (Å²) in [7, 11) is -0.836. The zero-order chi connectivity index (χ0) is 13.3. The van der Waals surface area contributed by atoms with Gasteiger partial charge in [-0.05, 0) is 26.0 Å². The van der Waals surface area contributed by atoms with Crippen molar-refractivity contribution in [3.8, 4) is 0 Å². The van der Waals surface area contributed by atoms with Crippen molar-refractivity contribution in [1.29, 1.82) is 0 Å². The number of benzene rings is 1. The summed E-state index contributed by atoms with van der Waals surface area (Å²) in [4.78, 5) is 4.57. The summed E-state index contributed by atoms with van der Waals surface area (Å²) in [5.74, 6) is 1.45. The molecular weight excluding hydrogens is 268 g/mol. The van der Waals surface area contributed by atoms with E-state index in [-0.39, 0.29) is 11.4 Å². The molecule has 0 amide bonds. The molecule has 0 aliphatic rings. The first kappa shape index (κ1) is 13.6. The van der Waals surface area contributed by atoms with E-state index in [1.165, 1.54) is 0 Å². The Morgan fingerprint density at radius 3 is 2.67 bits per heavy atom. The van der Waals surface area contributed by atoms with Gasteiger partial charge in [0.25, 0.3) is 0 Å². The lowest BCUT2D eigenvalue weighted by Gasteiger charge is -2.17. The molecule has 0 saturated carbocycles. The Hall–Kier alpha value is -0.870. The topological polar surface area (TPSA) is 34.9 Å². The number of halogens is 1. The normalized spacial score (nSPS) is 16.7. The first-order valence-corrected chi connectivity index (χ1v) is 8.08. The highest BCUT2D eigenvalue weighted by atomic mass is 35.5. The monoisotopic (exact) mass is 284 g/mol. The molecule has 1 aromatic carbocycles. The van der Waals surface area contributed by atoms with Crippen LogP contribution in [0.5, 0.6) is 0 Å². The maximum Gasteiger partial charge on any atom is 0.127 e. The van der Waals surface area contributed by atoms with Gasteiger partial charge in [0.2, 0.25) is 0 Å². The molecule has 0 aliphatic carbocycles. The van der Waals surface area contributed by atoms with Crippen LogP contribution in [-0.2, 0) is 10.8 Å². The minimum absolute atomic E-state index is 0.124. The van der Waals surface area contributed by atoms with Crippen LogP contribution < -0.4 is 0 Å². The molecule has 0 spiro atoms. The van der Waals surface area contributed by atoms with Crippen molar-refractivity contribution in [3.63, 3.8) is 0 Å². The fourth-order valence-electron chi connectivity index (χ4n) is 2.22. The van der Waals surface area contributed by atoms with E-state index in [0.29, 0.717) is 5.75 Å². The molecule has 1 aromatic heterocycles. The van der Waals surface area contributed by atoms with Crippen LogP contribution in [-0.4, -0.2) is 25.8 Å². The van der Waals surface area contributed by atoms with E-state index in [1.54, 1.807) is 6.26 Å². The van der Waals surface area contributed by atoms with Gasteiger partial charge in [0.05, 0.1) is 16.4 Å². The molecule has 3 nitrogen and oxygen atoms in total. The van der Waals surface area contributed by atoms with E-state index >= 15 is 0 Å². The van der Waals surface area contributed by atoms with Crippen molar-refractivity contribution in [3.05, 3.63) is 30.1 Å². The van der Waals surface area contributed by atoms with E-state index in [2.05, 4.69) is 16.5 Å². The summed E-state index contributed by atoms with van der Waals surface area (Å²) in [6, 6.07) is 8.08.